The van der Waals surface area contributed by atoms with Crippen LogP contribution in [-0.2, 0) is 6.54 Å². The molecule has 0 atom stereocenters. The number of rotatable bonds is 4. The largest absolute Gasteiger partial charge is 0.403 e. The number of carbonyl (C=O) groups is 1. The zero-order chi connectivity index (χ0) is 16.4. The molecule has 0 aliphatic rings. The molecule has 0 spiro atoms. The monoisotopic (exact) mass is 311 g/mol. The number of carbonyl (C=O) groups excluding carboxylic acids is 1. The van der Waals surface area contributed by atoms with Gasteiger partial charge in [0, 0.05) is 12.1 Å². The van der Waals surface area contributed by atoms with E-state index in [0.29, 0.717) is 18.1 Å². The number of hydrogen-bond acceptors (Lipinski definition) is 5. The van der Waals surface area contributed by atoms with Gasteiger partial charge in [-0.05, 0) is 39.0 Å². The van der Waals surface area contributed by atoms with E-state index >= 15 is 0 Å². The highest BCUT2D eigenvalue weighted by molar-refractivity contribution is 6.01. The van der Waals surface area contributed by atoms with Gasteiger partial charge in [-0.15, -0.1) is 5.10 Å². The van der Waals surface area contributed by atoms with Gasteiger partial charge in [0.25, 0.3) is 5.91 Å². The summed E-state index contributed by atoms with van der Waals surface area (Å²) in [6.07, 6.45) is 0. The number of benzene rings is 1. The van der Waals surface area contributed by atoms with Crippen molar-refractivity contribution in [2.45, 2.75) is 27.3 Å². The van der Waals surface area contributed by atoms with Gasteiger partial charge in [0.15, 0.2) is 0 Å². The number of aromatic nitrogens is 4. The average Bonchev–Trinajstić information content (AvgIpc) is 3.14. The smallest absolute Gasteiger partial charge is 0.322 e. The first-order valence-electron chi connectivity index (χ1n) is 7.33. The molecule has 2 heterocycles. The van der Waals surface area contributed by atoms with Gasteiger partial charge in [0.2, 0.25) is 5.89 Å². The summed E-state index contributed by atoms with van der Waals surface area (Å²) in [6.45, 7) is 6.37. The maximum atomic E-state index is 12.3. The van der Waals surface area contributed by atoms with Crippen molar-refractivity contribution >= 4 is 11.9 Å². The highest BCUT2D eigenvalue weighted by Gasteiger charge is 2.16. The molecule has 2 aromatic heterocycles. The van der Waals surface area contributed by atoms with E-state index in [1.165, 1.54) is 0 Å². The SMILES string of the molecule is CCn1nc(C)cc1C(=O)Nc1nnc(-c2ccc(C)cc2)o1. The van der Waals surface area contributed by atoms with E-state index < -0.39 is 0 Å². The van der Waals surface area contributed by atoms with Gasteiger partial charge < -0.3 is 4.42 Å². The molecule has 0 radical (unpaired) electrons. The summed E-state index contributed by atoms with van der Waals surface area (Å²) in [5, 5.41) is 14.7. The minimum absolute atomic E-state index is 0.0621. The number of hydrogen-bond donors (Lipinski definition) is 1. The van der Waals surface area contributed by atoms with E-state index in [4.69, 9.17) is 4.42 Å². The fourth-order valence-corrected chi connectivity index (χ4v) is 2.22. The Kier molecular flexibility index (Phi) is 3.92. The predicted molar refractivity (Wildman–Crippen MR) is 85.1 cm³/mol. The molecule has 1 aromatic carbocycles. The van der Waals surface area contributed by atoms with E-state index in [9.17, 15) is 4.79 Å². The Morgan fingerprint density at radius 3 is 2.65 bits per heavy atom. The van der Waals surface area contributed by atoms with Crippen LogP contribution < -0.4 is 5.32 Å². The molecule has 1 amide bonds. The van der Waals surface area contributed by atoms with Crippen molar-refractivity contribution in [2.75, 3.05) is 5.32 Å². The fourth-order valence-electron chi connectivity index (χ4n) is 2.22. The molecule has 3 rings (SSSR count). The molecule has 7 nitrogen and oxygen atoms in total. The lowest BCUT2D eigenvalue weighted by Crippen LogP contribution is -2.17. The van der Waals surface area contributed by atoms with Crippen molar-refractivity contribution in [3.63, 3.8) is 0 Å². The summed E-state index contributed by atoms with van der Waals surface area (Å²) in [7, 11) is 0. The molecule has 3 aromatic rings. The standard InChI is InChI=1S/C16H17N5O2/c1-4-21-13(9-11(3)20-21)14(22)17-16-19-18-15(23-16)12-7-5-10(2)6-8-12/h5-9H,4H2,1-3H3,(H,17,19,22). The van der Waals surface area contributed by atoms with Gasteiger partial charge in [0.05, 0.1) is 5.69 Å². The number of nitrogens with one attached hydrogen (secondary N) is 1. The summed E-state index contributed by atoms with van der Waals surface area (Å²) in [5.41, 5.74) is 3.19. The minimum atomic E-state index is -0.327. The first-order chi connectivity index (χ1) is 11.1. The fraction of sp³-hybridized carbons (Fsp3) is 0.250. The maximum Gasteiger partial charge on any atom is 0.322 e. The van der Waals surface area contributed by atoms with Crippen LogP contribution in [0.5, 0.6) is 0 Å². The normalized spacial score (nSPS) is 10.7. The summed E-state index contributed by atoms with van der Waals surface area (Å²) in [5.74, 6) is 0.0343. The highest BCUT2D eigenvalue weighted by atomic mass is 16.4. The average molecular weight is 311 g/mol. The van der Waals surface area contributed by atoms with Crippen molar-refractivity contribution in [1.82, 2.24) is 20.0 Å². The molecule has 1 N–H and O–H groups in total. The predicted octanol–water partition coefficient (Wildman–Crippen LogP) is 2.82. The Bertz CT molecular complexity index is 833. The van der Waals surface area contributed by atoms with Gasteiger partial charge in [-0.25, -0.2) is 0 Å². The van der Waals surface area contributed by atoms with Crippen LogP contribution in [0.25, 0.3) is 11.5 Å². The number of aryl methyl sites for hydroxylation is 3. The van der Waals surface area contributed by atoms with Crippen molar-refractivity contribution in [1.29, 1.82) is 0 Å². The molecule has 0 fully saturated rings. The first-order valence-corrected chi connectivity index (χ1v) is 7.33. The van der Waals surface area contributed by atoms with Crippen molar-refractivity contribution in [2.24, 2.45) is 0 Å². The number of amides is 1. The van der Waals surface area contributed by atoms with E-state index in [1.54, 1.807) is 10.7 Å². The second-order valence-electron chi connectivity index (χ2n) is 5.22. The van der Waals surface area contributed by atoms with Crippen molar-refractivity contribution in [3.05, 3.63) is 47.3 Å². The Morgan fingerprint density at radius 2 is 1.96 bits per heavy atom. The summed E-state index contributed by atoms with van der Waals surface area (Å²) < 4.78 is 7.13. The number of anilines is 1. The van der Waals surface area contributed by atoms with Crippen LogP contribution >= 0.6 is 0 Å². The Balaban J connectivity index is 1.78. The highest BCUT2D eigenvalue weighted by Crippen LogP contribution is 2.20. The molecular formula is C16H17N5O2. The lowest BCUT2D eigenvalue weighted by molar-refractivity contribution is 0.101. The van der Waals surface area contributed by atoms with Crippen LogP contribution in [0.1, 0.15) is 28.7 Å². The Morgan fingerprint density at radius 1 is 1.22 bits per heavy atom. The first kappa shape index (κ1) is 15.0. The van der Waals surface area contributed by atoms with Crippen molar-refractivity contribution < 1.29 is 9.21 Å². The summed E-state index contributed by atoms with van der Waals surface area (Å²) in [4.78, 5) is 12.3. The molecule has 0 saturated heterocycles. The van der Waals surface area contributed by atoms with Crippen LogP contribution in [0.3, 0.4) is 0 Å². The van der Waals surface area contributed by atoms with Gasteiger partial charge in [-0.1, -0.05) is 22.8 Å². The van der Waals surface area contributed by atoms with Crippen LogP contribution in [0.2, 0.25) is 0 Å². The second kappa shape index (κ2) is 6.04. The topological polar surface area (TPSA) is 85.8 Å². The zero-order valence-corrected chi connectivity index (χ0v) is 13.2. The molecule has 23 heavy (non-hydrogen) atoms. The minimum Gasteiger partial charge on any atom is -0.403 e. The Labute approximate surface area is 133 Å². The third-order valence-electron chi connectivity index (χ3n) is 3.38. The summed E-state index contributed by atoms with van der Waals surface area (Å²) >= 11 is 0. The molecule has 7 heteroatoms. The molecule has 118 valence electrons. The second-order valence-corrected chi connectivity index (χ2v) is 5.22. The molecule has 0 aliphatic carbocycles. The lowest BCUT2D eigenvalue weighted by atomic mass is 10.1. The van der Waals surface area contributed by atoms with E-state index in [-0.39, 0.29) is 11.9 Å². The van der Waals surface area contributed by atoms with E-state index in [0.717, 1.165) is 16.8 Å². The number of nitrogens with zero attached hydrogens (tertiary/aromatic N) is 4. The lowest BCUT2D eigenvalue weighted by Gasteiger charge is -2.02. The third kappa shape index (κ3) is 3.13. The molecule has 0 bridgehead atoms. The van der Waals surface area contributed by atoms with Crippen molar-refractivity contribution in [3.8, 4) is 11.5 Å². The molecule has 0 aliphatic heterocycles. The summed E-state index contributed by atoms with van der Waals surface area (Å²) in [6, 6.07) is 9.48. The Hall–Kier alpha value is -2.96. The van der Waals surface area contributed by atoms with Gasteiger partial charge in [0.1, 0.15) is 5.69 Å². The quantitative estimate of drug-likeness (QED) is 0.800. The van der Waals surface area contributed by atoms with Crippen LogP contribution in [0.15, 0.2) is 34.7 Å². The van der Waals surface area contributed by atoms with Crippen LogP contribution in [0.4, 0.5) is 6.01 Å². The molecule has 0 unspecified atom stereocenters. The molecule has 0 saturated carbocycles. The van der Waals surface area contributed by atoms with Crippen LogP contribution in [-0.4, -0.2) is 25.9 Å². The van der Waals surface area contributed by atoms with Gasteiger partial charge in [-0.2, -0.15) is 5.10 Å². The molecular weight excluding hydrogens is 294 g/mol. The third-order valence-corrected chi connectivity index (χ3v) is 3.38. The van der Waals surface area contributed by atoms with E-state index in [2.05, 4.69) is 20.6 Å². The van der Waals surface area contributed by atoms with Gasteiger partial charge in [-0.3, -0.25) is 14.8 Å². The van der Waals surface area contributed by atoms with E-state index in [1.807, 2.05) is 45.0 Å². The maximum absolute atomic E-state index is 12.3. The van der Waals surface area contributed by atoms with Crippen LogP contribution in [0, 0.1) is 13.8 Å². The van der Waals surface area contributed by atoms with Gasteiger partial charge >= 0.3 is 6.01 Å². The zero-order valence-electron chi connectivity index (χ0n) is 13.2.